The lowest BCUT2D eigenvalue weighted by atomic mass is 9.99. The molecule has 1 fully saturated rings. The van der Waals surface area contributed by atoms with Gasteiger partial charge in [0.05, 0.1) is 6.54 Å². The molecule has 0 radical (unpaired) electrons. The number of nitrogens with zero attached hydrogens (tertiary/aromatic N) is 2. The van der Waals surface area contributed by atoms with Crippen LogP contribution in [0.2, 0.25) is 0 Å². The number of ether oxygens (including phenoxy) is 1. The van der Waals surface area contributed by atoms with Crippen molar-refractivity contribution in [3.63, 3.8) is 0 Å². The predicted octanol–water partition coefficient (Wildman–Crippen LogP) is 3.63. The lowest BCUT2D eigenvalue weighted by molar-refractivity contribution is 0.195. The van der Waals surface area contributed by atoms with Crippen molar-refractivity contribution in [2.75, 3.05) is 44.8 Å². The summed E-state index contributed by atoms with van der Waals surface area (Å²) in [4.78, 5) is 7.17. The Labute approximate surface area is 176 Å². The summed E-state index contributed by atoms with van der Waals surface area (Å²) in [6.45, 7) is 9.97. The third-order valence-electron chi connectivity index (χ3n) is 4.67. The molecule has 0 unspecified atom stereocenters. The van der Waals surface area contributed by atoms with E-state index < -0.39 is 0 Å². The first-order chi connectivity index (χ1) is 12.2. The van der Waals surface area contributed by atoms with Gasteiger partial charge in [-0.05, 0) is 49.8 Å². The van der Waals surface area contributed by atoms with Gasteiger partial charge < -0.3 is 20.3 Å². The SMILES string of the molecule is CCNC(=NCc1ccc(N2CCC(C)CC2)cc1)NCCCOC.I. The third-order valence-corrected chi connectivity index (χ3v) is 4.67. The van der Waals surface area contributed by atoms with E-state index in [4.69, 9.17) is 4.74 Å². The van der Waals surface area contributed by atoms with E-state index in [1.807, 2.05) is 0 Å². The Balaban J connectivity index is 0.00000338. The highest BCUT2D eigenvalue weighted by Gasteiger charge is 2.15. The van der Waals surface area contributed by atoms with Crippen LogP contribution in [0.1, 0.15) is 38.7 Å². The zero-order valence-corrected chi connectivity index (χ0v) is 18.8. The van der Waals surface area contributed by atoms with Crippen molar-refractivity contribution in [1.29, 1.82) is 0 Å². The van der Waals surface area contributed by atoms with Crippen molar-refractivity contribution in [2.24, 2.45) is 10.9 Å². The highest BCUT2D eigenvalue weighted by Crippen LogP contribution is 2.23. The summed E-state index contributed by atoms with van der Waals surface area (Å²) in [5.74, 6) is 1.73. The molecule has 0 aliphatic carbocycles. The fourth-order valence-corrected chi connectivity index (χ4v) is 3.01. The van der Waals surface area contributed by atoms with Gasteiger partial charge in [-0.15, -0.1) is 24.0 Å². The lowest BCUT2D eigenvalue weighted by Gasteiger charge is -2.32. The van der Waals surface area contributed by atoms with E-state index in [1.54, 1.807) is 7.11 Å². The number of guanidine groups is 1. The van der Waals surface area contributed by atoms with Gasteiger partial charge in [0.2, 0.25) is 0 Å². The van der Waals surface area contributed by atoms with E-state index in [1.165, 1.54) is 37.2 Å². The standard InChI is InChI=1S/C20H34N4O.HI/c1-4-21-20(22-12-5-15-25-3)23-16-18-6-8-19(9-7-18)24-13-10-17(2)11-14-24;/h6-9,17H,4-5,10-16H2,1-3H3,(H2,21,22,23);1H. The Bertz CT molecular complexity index is 513. The number of benzene rings is 1. The maximum Gasteiger partial charge on any atom is 0.191 e. The molecule has 2 rings (SSSR count). The molecule has 0 aromatic heterocycles. The maximum absolute atomic E-state index is 5.08. The summed E-state index contributed by atoms with van der Waals surface area (Å²) in [5, 5.41) is 6.63. The number of nitrogens with one attached hydrogen (secondary N) is 2. The summed E-state index contributed by atoms with van der Waals surface area (Å²) in [7, 11) is 1.73. The van der Waals surface area contributed by atoms with Crippen LogP contribution in [0.15, 0.2) is 29.3 Å². The molecule has 148 valence electrons. The second kappa shape index (κ2) is 13.2. The Morgan fingerprint density at radius 2 is 1.88 bits per heavy atom. The van der Waals surface area contributed by atoms with Gasteiger partial charge in [0.1, 0.15) is 0 Å². The monoisotopic (exact) mass is 474 g/mol. The Morgan fingerprint density at radius 3 is 2.50 bits per heavy atom. The van der Waals surface area contributed by atoms with Gasteiger partial charge in [0.25, 0.3) is 0 Å². The van der Waals surface area contributed by atoms with Gasteiger partial charge in [-0.3, -0.25) is 0 Å². The second-order valence-corrected chi connectivity index (χ2v) is 6.80. The quantitative estimate of drug-likeness (QED) is 0.262. The average Bonchev–Trinajstić information content (AvgIpc) is 2.64. The van der Waals surface area contributed by atoms with E-state index in [2.05, 4.69) is 58.6 Å². The molecule has 1 aromatic carbocycles. The first kappa shape index (κ1) is 23.0. The number of piperidine rings is 1. The van der Waals surface area contributed by atoms with E-state index >= 15 is 0 Å². The van der Waals surface area contributed by atoms with Gasteiger partial charge in [-0.25, -0.2) is 4.99 Å². The maximum atomic E-state index is 5.08. The van der Waals surface area contributed by atoms with Crippen molar-refractivity contribution >= 4 is 35.6 Å². The largest absolute Gasteiger partial charge is 0.385 e. The molecule has 6 heteroatoms. The van der Waals surface area contributed by atoms with Gasteiger partial charge in [0.15, 0.2) is 5.96 Å². The van der Waals surface area contributed by atoms with Crippen molar-refractivity contribution in [2.45, 2.75) is 39.7 Å². The van der Waals surface area contributed by atoms with Crippen molar-refractivity contribution < 1.29 is 4.74 Å². The molecule has 1 aromatic rings. The average molecular weight is 474 g/mol. The molecule has 1 aliphatic rings. The number of anilines is 1. The smallest absolute Gasteiger partial charge is 0.191 e. The third kappa shape index (κ3) is 8.12. The van der Waals surface area contributed by atoms with Crippen LogP contribution in [0.3, 0.4) is 0 Å². The Hall–Kier alpha value is -1.02. The van der Waals surface area contributed by atoms with Crippen molar-refractivity contribution in [3.8, 4) is 0 Å². The molecule has 0 bridgehead atoms. The highest BCUT2D eigenvalue weighted by molar-refractivity contribution is 14.0. The lowest BCUT2D eigenvalue weighted by Crippen LogP contribution is -2.38. The van der Waals surface area contributed by atoms with E-state index in [0.717, 1.165) is 38.0 Å². The minimum Gasteiger partial charge on any atom is -0.385 e. The molecule has 0 atom stereocenters. The summed E-state index contributed by atoms with van der Waals surface area (Å²) >= 11 is 0. The molecular formula is C20H35IN4O. The van der Waals surface area contributed by atoms with Crippen molar-refractivity contribution in [1.82, 2.24) is 10.6 Å². The molecule has 1 aliphatic heterocycles. The fourth-order valence-electron chi connectivity index (χ4n) is 3.01. The van der Waals surface area contributed by atoms with E-state index in [9.17, 15) is 0 Å². The van der Waals surface area contributed by atoms with Crippen LogP contribution in [-0.2, 0) is 11.3 Å². The molecule has 0 spiro atoms. The van der Waals surface area contributed by atoms with E-state index in [0.29, 0.717) is 6.54 Å². The Morgan fingerprint density at radius 1 is 1.19 bits per heavy atom. The molecule has 5 nitrogen and oxygen atoms in total. The normalized spacial score (nSPS) is 15.5. The summed E-state index contributed by atoms with van der Waals surface area (Å²) in [6, 6.07) is 8.87. The number of aliphatic imine (C=N–C) groups is 1. The second-order valence-electron chi connectivity index (χ2n) is 6.80. The van der Waals surface area contributed by atoms with Gasteiger partial charge >= 0.3 is 0 Å². The minimum absolute atomic E-state index is 0. The van der Waals surface area contributed by atoms with Crippen LogP contribution in [0.4, 0.5) is 5.69 Å². The Kier molecular flexibility index (Phi) is 11.7. The molecule has 26 heavy (non-hydrogen) atoms. The molecule has 1 heterocycles. The zero-order chi connectivity index (χ0) is 17.9. The van der Waals surface area contributed by atoms with Crippen LogP contribution in [0.5, 0.6) is 0 Å². The molecular weight excluding hydrogens is 439 g/mol. The first-order valence-electron chi connectivity index (χ1n) is 9.58. The molecule has 1 saturated heterocycles. The van der Waals surface area contributed by atoms with Crippen LogP contribution >= 0.6 is 24.0 Å². The molecule has 0 amide bonds. The predicted molar refractivity (Wildman–Crippen MR) is 122 cm³/mol. The van der Waals surface area contributed by atoms with Crippen LogP contribution < -0.4 is 15.5 Å². The minimum atomic E-state index is 0. The topological polar surface area (TPSA) is 48.9 Å². The highest BCUT2D eigenvalue weighted by atomic mass is 127. The van der Waals surface area contributed by atoms with Gasteiger partial charge in [-0.1, -0.05) is 19.1 Å². The van der Waals surface area contributed by atoms with Crippen LogP contribution in [0.25, 0.3) is 0 Å². The van der Waals surface area contributed by atoms with Crippen molar-refractivity contribution in [3.05, 3.63) is 29.8 Å². The molecule has 0 saturated carbocycles. The summed E-state index contributed by atoms with van der Waals surface area (Å²) in [6.07, 6.45) is 3.57. The first-order valence-corrected chi connectivity index (χ1v) is 9.58. The van der Waals surface area contributed by atoms with E-state index in [-0.39, 0.29) is 24.0 Å². The van der Waals surface area contributed by atoms with Crippen LogP contribution in [-0.4, -0.2) is 45.9 Å². The molecule has 2 N–H and O–H groups in total. The number of hydrogen-bond donors (Lipinski definition) is 2. The summed E-state index contributed by atoms with van der Waals surface area (Å²) in [5.41, 5.74) is 2.58. The number of methoxy groups -OCH3 is 1. The number of halogens is 1. The fraction of sp³-hybridized carbons (Fsp3) is 0.650. The van der Waals surface area contributed by atoms with Gasteiger partial charge in [-0.2, -0.15) is 0 Å². The number of hydrogen-bond acceptors (Lipinski definition) is 3. The number of rotatable bonds is 8. The van der Waals surface area contributed by atoms with Gasteiger partial charge in [0, 0.05) is 45.6 Å². The van der Waals surface area contributed by atoms with Crippen LogP contribution in [0, 0.1) is 5.92 Å². The summed E-state index contributed by atoms with van der Waals surface area (Å²) < 4.78 is 5.08. The zero-order valence-electron chi connectivity index (χ0n) is 16.5.